The van der Waals surface area contributed by atoms with E-state index in [0.717, 1.165) is 22.8 Å². The van der Waals surface area contributed by atoms with Crippen molar-refractivity contribution in [2.24, 2.45) is 0 Å². The molecule has 0 aliphatic heterocycles. The highest BCUT2D eigenvalue weighted by Crippen LogP contribution is 2.28. The predicted molar refractivity (Wildman–Crippen MR) is 132 cm³/mol. The molecule has 4 heterocycles. The van der Waals surface area contributed by atoms with Gasteiger partial charge >= 0.3 is 0 Å². The largest absolute Gasteiger partial charge is 0.486 e. The monoisotopic (exact) mass is 523 g/mol. The zero-order valence-corrected chi connectivity index (χ0v) is 21.6. The molecule has 34 heavy (non-hydrogen) atoms. The van der Waals surface area contributed by atoms with Crippen molar-refractivity contribution < 1.29 is 9.15 Å². The predicted octanol–water partition coefficient (Wildman–Crippen LogP) is 5.24. The molecule has 0 saturated carbocycles. The van der Waals surface area contributed by atoms with Crippen LogP contribution in [0.3, 0.4) is 0 Å². The highest BCUT2D eigenvalue weighted by molar-refractivity contribution is 9.10. The second-order valence-corrected chi connectivity index (χ2v) is 9.92. The lowest BCUT2D eigenvalue weighted by Gasteiger charge is -2.18. The van der Waals surface area contributed by atoms with Gasteiger partial charge in [-0.15, -0.1) is 0 Å². The summed E-state index contributed by atoms with van der Waals surface area (Å²) in [6, 6.07) is 5.52. The van der Waals surface area contributed by atoms with E-state index < -0.39 is 0 Å². The number of ether oxygens (including phenoxy) is 1. The van der Waals surface area contributed by atoms with E-state index in [-0.39, 0.29) is 17.6 Å². The van der Waals surface area contributed by atoms with E-state index in [2.05, 4.69) is 51.7 Å². The first-order valence-electron chi connectivity index (χ1n) is 10.8. The lowest BCUT2D eigenvalue weighted by Crippen LogP contribution is -2.23. The Balaban J connectivity index is 1.73. The van der Waals surface area contributed by atoms with Crippen LogP contribution in [0.15, 0.2) is 50.5 Å². The Morgan fingerprint density at radius 1 is 1.09 bits per heavy atom. The van der Waals surface area contributed by atoms with Crippen LogP contribution in [-0.4, -0.2) is 24.5 Å². The van der Waals surface area contributed by atoms with Crippen LogP contribution >= 0.6 is 15.9 Å². The number of aromatic nitrogens is 5. The second-order valence-electron chi connectivity index (χ2n) is 9.12. The molecule has 4 aromatic heterocycles. The van der Waals surface area contributed by atoms with Gasteiger partial charge in [0.05, 0.1) is 17.1 Å². The van der Waals surface area contributed by atoms with Crippen LogP contribution < -0.4 is 10.3 Å². The molecule has 9 heteroatoms. The Morgan fingerprint density at radius 3 is 2.53 bits per heavy atom. The van der Waals surface area contributed by atoms with Gasteiger partial charge in [-0.2, -0.15) is 0 Å². The van der Waals surface area contributed by atoms with Crippen LogP contribution in [0.2, 0.25) is 0 Å². The van der Waals surface area contributed by atoms with Crippen LogP contribution in [0.25, 0.3) is 17.1 Å². The molecule has 0 unspecified atom stereocenters. The van der Waals surface area contributed by atoms with E-state index in [0.29, 0.717) is 33.2 Å². The van der Waals surface area contributed by atoms with Crippen molar-refractivity contribution in [2.75, 3.05) is 0 Å². The van der Waals surface area contributed by atoms with Crippen molar-refractivity contribution in [1.82, 2.24) is 24.5 Å². The summed E-state index contributed by atoms with van der Waals surface area (Å²) in [7, 11) is 0. The van der Waals surface area contributed by atoms with Crippen LogP contribution in [0.4, 0.5) is 0 Å². The van der Waals surface area contributed by atoms with Gasteiger partial charge in [-0.1, -0.05) is 20.8 Å². The molecule has 8 nitrogen and oxygen atoms in total. The van der Waals surface area contributed by atoms with Crippen LogP contribution in [0.1, 0.15) is 49.4 Å². The standard InChI is InChI=1S/C25H26BrN5O3/c1-14-11-28-19(18-7-8-27-24(30-18)25(4,5)6)10-20(14)31-15(2)9-21(22(26)23(31)32)34-13-17-12-33-16(3)29-17/h7-12H,13H2,1-6H3. The average molecular weight is 524 g/mol. The SMILES string of the molecule is Cc1nc(COc2cc(C)n(-c3cc(-c4ccnc(C(C)(C)C)n4)ncc3C)c(=O)c2Br)co1. The molecule has 0 amide bonds. The van der Waals surface area contributed by atoms with E-state index in [4.69, 9.17) is 14.1 Å². The van der Waals surface area contributed by atoms with Crippen molar-refractivity contribution in [3.05, 3.63) is 80.3 Å². The van der Waals surface area contributed by atoms with Crippen molar-refractivity contribution >= 4 is 15.9 Å². The average Bonchev–Trinajstić information content (AvgIpc) is 3.21. The number of hydrogen-bond acceptors (Lipinski definition) is 7. The molecule has 0 aromatic carbocycles. The third-order valence-electron chi connectivity index (χ3n) is 5.25. The lowest BCUT2D eigenvalue weighted by molar-refractivity contribution is 0.297. The summed E-state index contributed by atoms with van der Waals surface area (Å²) in [4.78, 5) is 31.3. The van der Waals surface area contributed by atoms with Gasteiger partial charge in [0.15, 0.2) is 5.89 Å². The zero-order chi connectivity index (χ0) is 24.6. The lowest BCUT2D eigenvalue weighted by atomic mass is 9.95. The van der Waals surface area contributed by atoms with E-state index in [1.165, 1.54) is 6.26 Å². The normalized spacial score (nSPS) is 11.6. The van der Waals surface area contributed by atoms with E-state index in [1.807, 2.05) is 32.0 Å². The molecule has 0 saturated heterocycles. The summed E-state index contributed by atoms with van der Waals surface area (Å²) in [6.07, 6.45) is 5.03. The van der Waals surface area contributed by atoms with Crippen LogP contribution in [0.5, 0.6) is 5.75 Å². The minimum atomic E-state index is -0.232. The van der Waals surface area contributed by atoms with Gasteiger partial charge in [0.1, 0.15) is 34.6 Å². The summed E-state index contributed by atoms with van der Waals surface area (Å²) in [5.41, 5.74) is 3.90. The first kappa shape index (κ1) is 23.8. The molecule has 0 bridgehead atoms. The molecule has 0 aliphatic carbocycles. The van der Waals surface area contributed by atoms with Crippen LogP contribution in [0, 0.1) is 20.8 Å². The van der Waals surface area contributed by atoms with Gasteiger partial charge in [0, 0.05) is 36.5 Å². The van der Waals surface area contributed by atoms with Gasteiger partial charge in [-0.05, 0) is 47.5 Å². The third kappa shape index (κ3) is 4.79. The number of halogens is 1. The summed E-state index contributed by atoms with van der Waals surface area (Å²) >= 11 is 3.42. The maximum absolute atomic E-state index is 13.4. The Hall–Kier alpha value is -3.33. The second kappa shape index (κ2) is 9.13. The number of nitrogens with zero attached hydrogens (tertiary/aromatic N) is 5. The number of hydrogen-bond donors (Lipinski definition) is 0. The first-order valence-corrected chi connectivity index (χ1v) is 11.6. The maximum atomic E-state index is 13.4. The van der Waals surface area contributed by atoms with Crippen molar-refractivity contribution in [3.8, 4) is 22.8 Å². The quantitative estimate of drug-likeness (QED) is 0.352. The number of pyridine rings is 2. The van der Waals surface area contributed by atoms with Crippen LogP contribution in [-0.2, 0) is 12.0 Å². The van der Waals surface area contributed by atoms with Crippen molar-refractivity contribution in [3.63, 3.8) is 0 Å². The Kier molecular flexibility index (Phi) is 6.40. The molecular formula is C25H26BrN5O3. The number of oxazole rings is 1. The summed E-state index contributed by atoms with van der Waals surface area (Å²) in [5, 5.41) is 0. The highest BCUT2D eigenvalue weighted by atomic mass is 79.9. The maximum Gasteiger partial charge on any atom is 0.273 e. The van der Waals surface area contributed by atoms with Gasteiger partial charge in [-0.3, -0.25) is 14.3 Å². The van der Waals surface area contributed by atoms with E-state index in [1.54, 1.807) is 23.9 Å². The third-order valence-corrected chi connectivity index (χ3v) is 5.98. The minimum Gasteiger partial charge on any atom is -0.486 e. The van der Waals surface area contributed by atoms with Crippen molar-refractivity contribution in [1.29, 1.82) is 0 Å². The minimum absolute atomic E-state index is 0.192. The van der Waals surface area contributed by atoms with Gasteiger partial charge in [0.2, 0.25) is 0 Å². The van der Waals surface area contributed by atoms with Gasteiger partial charge < -0.3 is 9.15 Å². The molecule has 4 rings (SSSR count). The topological polar surface area (TPSA) is 95.9 Å². The zero-order valence-electron chi connectivity index (χ0n) is 20.0. The smallest absolute Gasteiger partial charge is 0.273 e. The molecule has 0 spiro atoms. The van der Waals surface area contributed by atoms with E-state index >= 15 is 0 Å². The van der Waals surface area contributed by atoms with Gasteiger partial charge in [-0.25, -0.2) is 15.0 Å². The fraction of sp³-hybridized carbons (Fsp3) is 0.320. The molecule has 0 aliphatic rings. The summed E-state index contributed by atoms with van der Waals surface area (Å²) in [5.74, 6) is 1.73. The number of rotatable bonds is 5. The molecular weight excluding hydrogens is 498 g/mol. The Morgan fingerprint density at radius 2 is 1.85 bits per heavy atom. The van der Waals surface area contributed by atoms with E-state index in [9.17, 15) is 4.79 Å². The fourth-order valence-corrected chi connectivity index (χ4v) is 3.88. The highest BCUT2D eigenvalue weighted by Gasteiger charge is 2.20. The molecule has 0 fully saturated rings. The molecule has 0 radical (unpaired) electrons. The Labute approximate surface area is 206 Å². The molecule has 0 atom stereocenters. The molecule has 4 aromatic rings. The number of aryl methyl sites for hydroxylation is 3. The summed E-state index contributed by atoms with van der Waals surface area (Å²) < 4.78 is 13.0. The molecule has 0 N–H and O–H groups in total. The summed E-state index contributed by atoms with van der Waals surface area (Å²) in [6.45, 7) is 11.9. The van der Waals surface area contributed by atoms with Gasteiger partial charge in [0.25, 0.3) is 5.56 Å². The fourth-order valence-electron chi connectivity index (χ4n) is 3.47. The first-order chi connectivity index (χ1) is 16.0. The molecule has 176 valence electrons. The Bertz CT molecular complexity index is 1420. The van der Waals surface area contributed by atoms with Crippen molar-refractivity contribution in [2.45, 2.75) is 53.6 Å².